The van der Waals surface area contributed by atoms with E-state index in [1.54, 1.807) is 11.9 Å². The zero-order chi connectivity index (χ0) is 26.1. The molecule has 1 rings (SSSR count). The van der Waals surface area contributed by atoms with Crippen molar-refractivity contribution in [3.8, 4) is 0 Å². The van der Waals surface area contributed by atoms with Crippen LogP contribution in [0.1, 0.15) is 28.9 Å². The van der Waals surface area contributed by atoms with Gasteiger partial charge in [0.2, 0.25) is 0 Å². The first-order chi connectivity index (χ1) is 15.7. The molecule has 12 heteroatoms. The molecule has 0 fully saturated rings. The number of nitrogens with one attached hydrogen (secondary N) is 2. The molecular formula is C23H26CsF7N4. The van der Waals surface area contributed by atoms with Crippen molar-refractivity contribution in [3.63, 3.8) is 0 Å². The normalized spacial score (nSPS) is 12.6. The number of hydrogen-bond acceptors (Lipinski definition) is 4. The van der Waals surface area contributed by atoms with E-state index in [1.807, 2.05) is 0 Å². The van der Waals surface area contributed by atoms with E-state index < -0.39 is 30.2 Å². The first-order valence-corrected chi connectivity index (χ1v) is 9.84. The number of rotatable bonds is 12. The van der Waals surface area contributed by atoms with E-state index in [2.05, 4.69) is 42.4 Å². The molecule has 1 heterocycles. The van der Waals surface area contributed by atoms with Crippen LogP contribution in [-0.2, 0) is 0 Å². The van der Waals surface area contributed by atoms with Crippen molar-refractivity contribution in [2.75, 3.05) is 26.7 Å². The fourth-order valence-electron chi connectivity index (χ4n) is 2.67. The number of halogens is 7. The van der Waals surface area contributed by atoms with Gasteiger partial charge in [-0.05, 0) is 25.7 Å². The summed E-state index contributed by atoms with van der Waals surface area (Å²) in [5.74, 6) is 0. The fraction of sp³-hybridized carbons (Fsp3) is 0.304. The molecule has 0 aliphatic heterocycles. The summed E-state index contributed by atoms with van der Waals surface area (Å²) in [6.45, 7) is 9.36. The molecule has 0 bridgehead atoms. The van der Waals surface area contributed by atoms with Gasteiger partial charge in [-0.25, -0.2) is 9.37 Å². The SMILES string of the molecule is C=Cc1c(C(=C)N/C(=C\F)CCN([CH2-])C)cc(/C=C/CNCC(F)(F)F)nc1C(=C)C(F)(F)F.[Cs+]. The summed E-state index contributed by atoms with van der Waals surface area (Å²) >= 11 is 0. The first-order valence-electron chi connectivity index (χ1n) is 9.84. The third-order valence-corrected chi connectivity index (χ3v) is 4.32. The smallest absolute Gasteiger partial charge is 0.461 e. The fourth-order valence-corrected chi connectivity index (χ4v) is 2.67. The minimum absolute atomic E-state index is 0. The van der Waals surface area contributed by atoms with Crippen LogP contribution >= 0.6 is 0 Å². The van der Waals surface area contributed by atoms with Crippen LogP contribution in [-0.4, -0.2) is 48.9 Å². The Hall–Kier alpha value is -0.868. The minimum atomic E-state index is -4.81. The van der Waals surface area contributed by atoms with Crippen LogP contribution in [0.5, 0.6) is 0 Å². The Morgan fingerprint density at radius 2 is 1.83 bits per heavy atom. The molecular weight excluding hydrogens is 598 g/mol. The largest absolute Gasteiger partial charge is 1.00 e. The van der Waals surface area contributed by atoms with Crippen LogP contribution in [0.2, 0.25) is 0 Å². The number of aromatic nitrogens is 1. The third kappa shape index (κ3) is 12.3. The van der Waals surface area contributed by atoms with E-state index in [0.717, 1.165) is 6.08 Å². The molecule has 1 aromatic rings. The van der Waals surface area contributed by atoms with Gasteiger partial charge in [0.15, 0.2) is 0 Å². The average Bonchev–Trinajstić information content (AvgIpc) is 2.73. The van der Waals surface area contributed by atoms with E-state index in [9.17, 15) is 30.7 Å². The van der Waals surface area contributed by atoms with Crippen LogP contribution in [0.4, 0.5) is 30.7 Å². The Labute approximate surface area is 259 Å². The number of hydrogen-bond donors (Lipinski definition) is 2. The molecule has 4 nitrogen and oxygen atoms in total. The van der Waals surface area contributed by atoms with Crippen LogP contribution in [0.15, 0.2) is 43.9 Å². The Bertz CT molecular complexity index is 948. The molecule has 0 radical (unpaired) electrons. The molecule has 0 saturated heterocycles. The third-order valence-electron chi connectivity index (χ3n) is 4.32. The molecule has 0 atom stereocenters. The van der Waals surface area contributed by atoms with Gasteiger partial charge < -0.3 is 15.5 Å². The Morgan fingerprint density at radius 3 is 2.31 bits per heavy atom. The van der Waals surface area contributed by atoms with Crippen molar-refractivity contribution in [2.45, 2.75) is 18.8 Å². The van der Waals surface area contributed by atoms with E-state index in [1.165, 1.54) is 18.2 Å². The Kier molecular flexibility index (Phi) is 15.0. The van der Waals surface area contributed by atoms with E-state index in [4.69, 9.17) is 0 Å². The summed E-state index contributed by atoms with van der Waals surface area (Å²) in [4.78, 5) is 5.52. The predicted molar refractivity (Wildman–Crippen MR) is 121 cm³/mol. The van der Waals surface area contributed by atoms with Gasteiger partial charge in [0.05, 0.1) is 23.5 Å². The summed E-state index contributed by atoms with van der Waals surface area (Å²) in [5.41, 5.74) is -1.52. The molecule has 0 spiro atoms. The molecule has 35 heavy (non-hydrogen) atoms. The minimum Gasteiger partial charge on any atom is -0.461 e. The summed E-state index contributed by atoms with van der Waals surface area (Å²) in [6, 6.07) is 1.36. The predicted octanol–water partition coefficient (Wildman–Crippen LogP) is 2.95. The number of alkyl halides is 6. The topological polar surface area (TPSA) is 40.2 Å². The zero-order valence-corrected chi connectivity index (χ0v) is 25.9. The maximum atomic E-state index is 13.4. The summed E-state index contributed by atoms with van der Waals surface area (Å²) in [5, 5.41) is 4.86. The second-order valence-corrected chi connectivity index (χ2v) is 7.25. The standard InChI is InChI=1S/C23H26F7N4.Cs/c1-6-19-20(16(3)32-18(13-24)9-11-34(4)5)12-17(8-7-10-31-14-22(25,26)27)33-21(19)15(2)23(28,29)30;/h6-8,12-13,31-32H,1-4,9-11,14H2,5H3;/q-1;+1/b8-7+,18-13-;. The van der Waals surface area contributed by atoms with Crippen molar-refractivity contribution in [2.24, 2.45) is 0 Å². The van der Waals surface area contributed by atoms with Gasteiger partial charge in [0, 0.05) is 35.5 Å². The first kappa shape index (κ1) is 34.1. The van der Waals surface area contributed by atoms with Crippen molar-refractivity contribution in [3.05, 3.63) is 73.5 Å². The molecule has 2 N–H and O–H groups in total. The number of pyridine rings is 1. The maximum Gasteiger partial charge on any atom is 1.00 e. The molecule has 0 saturated carbocycles. The second-order valence-electron chi connectivity index (χ2n) is 7.25. The van der Waals surface area contributed by atoms with Crippen LogP contribution in [0.25, 0.3) is 23.4 Å². The Morgan fingerprint density at radius 1 is 1.20 bits per heavy atom. The maximum absolute atomic E-state index is 13.4. The van der Waals surface area contributed by atoms with Gasteiger partial charge in [-0.2, -0.15) is 26.3 Å². The zero-order valence-electron chi connectivity index (χ0n) is 19.6. The van der Waals surface area contributed by atoms with Crippen molar-refractivity contribution < 1.29 is 99.6 Å². The van der Waals surface area contributed by atoms with Gasteiger partial charge in [-0.15, -0.1) is 0 Å². The summed E-state index contributed by atoms with van der Waals surface area (Å²) < 4.78 is 90.3. The van der Waals surface area contributed by atoms with E-state index >= 15 is 0 Å². The van der Waals surface area contributed by atoms with Gasteiger partial charge in [0.1, 0.15) is 6.33 Å². The quantitative estimate of drug-likeness (QED) is 0.213. The van der Waals surface area contributed by atoms with Crippen molar-refractivity contribution in [1.29, 1.82) is 0 Å². The molecule has 0 aliphatic rings. The number of allylic oxidation sites excluding steroid dienone is 1. The molecule has 0 aliphatic carbocycles. The molecule has 0 unspecified atom stereocenters. The molecule has 0 aromatic carbocycles. The van der Waals surface area contributed by atoms with Gasteiger partial charge in [-0.3, -0.25) is 7.05 Å². The van der Waals surface area contributed by atoms with Crippen molar-refractivity contribution in [1.82, 2.24) is 20.5 Å². The van der Waals surface area contributed by atoms with E-state index in [-0.39, 0.29) is 110 Å². The van der Waals surface area contributed by atoms with Crippen LogP contribution < -0.4 is 79.5 Å². The van der Waals surface area contributed by atoms with Crippen LogP contribution in [0, 0.1) is 7.05 Å². The molecule has 1 aromatic heterocycles. The number of nitrogens with zero attached hydrogens (tertiary/aromatic N) is 2. The van der Waals surface area contributed by atoms with Crippen LogP contribution in [0.3, 0.4) is 0 Å². The van der Waals surface area contributed by atoms with Crippen molar-refractivity contribution >= 4 is 23.4 Å². The average molecular weight is 624 g/mol. The monoisotopic (exact) mass is 624 g/mol. The summed E-state index contributed by atoms with van der Waals surface area (Å²) in [7, 11) is 5.33. The second kappa shape index (κ2) is 15.4. The molecule has 0 amide bonds. The molecule has 188 valence electrons. The van der Waals surface area contributed by atoms with Gasteiger partial charge >= 0.3 is 81.2 Å². The summed E-state index contributed by atoms with van der Waals surface area (Å²) in [6.07, 6.45) is -5.02. The van der Waals surface area contributed by atoms with Gasteiger partial charge in [-0.1, -0.05) is 31.9 Å². The van der Waals surface area contributed by atoms with E-state index in [0.29, 0.717) is 12.9 Å². The Balaban J connectivity index is 0.0000116. The van der Waals surface area contributed by atoms with Gasteiger partial charge in [0.25, 0.3) is 0 Å².